The molecule has 0 atom stereocenters. The SMILES string of the molecule is CC(C)C1CCN(CC(=O)c2ccccc2F)CC1. The third-order valence-electron chi connectivity index (χ3n) is 4.12. The molecule has 0 bridgehead atoms. The molecular formula is C16H22FNO. The molecule has 0 amide bonds. The van der Waals surface area contributed by atoms with Gasteiger partial charge < -0.3 is 0 Å². The number of nitrogens with zero attached hydrogens (tertiary/aromatic N) is 1. The fourth-order valence-electron chi connectivity index (χ4n) is 2.75. The Balaban J connectivity index is 1.89. The van der Waals surface area contributed by atoms with E-state index < -0.39 is 5.82 Å². The van der Waals surface area contributed by atoms with Crippen molar-refractivity contribution in [3.05, 3.63) is 35.6 Å². The van der Waals surface area contributed by atoms with Crippen LogP contribution >= 0.6 is 0 Å². The molecule has 0 aliphatic carbocycles. The van der Waals surface area contributed by atoms with Crippen molar-refractivity contribution in [2.24, 2.45) is 11.8 Å². The molecule has 1 aromatic carbocycles. The quantitative estimate of drug-likeness (QED) is 0.776. The van der Waals surface area contributed by atoms with E-state index in [1.807, 2.05) is 0 Å². The van der Waals surface area contributed by atoms with Crippen molar-refractivity contribution in [1.82, 2.24) is 4.90 Å². The van der Waals surface area contributed by atoms with Gasteiger partial charge >= 0.3 is 0 Å². The third-order valence-corrected chi connectivity index (χ3v) is 4.12. The van der Waals surface area contributed by atoms with E-state index in [-0.39, 0.29) is 11.3 Å². The molecule has 1 aromatic rings. The highest BCUT2D eigenvalue weighted by Gasteiger charge is 2.23. The van der Waals surface area contributed by atoms with Crippen molar-refractivity contribution in [1.29, 1.82) is 0 Å². The highest BCUT2D eigenvalue weighted by Crippen LogP contribution is 2.24. The van der Waals surface area contributed by atoms with Crippen molar-refractivity contribution in [3.8, 4) is 0 Å². The summed E-state index contributed by atoms with van der Waals surface area (Å²) in [5.41, 5.74) is 0.216. The van der Waals surface area contributed by atoms with Gasteiger partial charge in [0.2, 0.25) is 0 Å². The number of carbonyl (C=O) groups excluding carboxylic acids is 1. The molecule has 0 unspecified atom stereocenters. The molecule has 3 heteroatoms. The van der Waals surface area contributed by atoms with Gasteiger partial charge in [0.25, 0.3) is 0 Å². The Bertz CT molecular complexity index is 436. The Morgan fingerprint density at radius 2 is 1.95 bits per heavy atom. The van der Waals surface area contributed by atoms with Crippen LogP contribution in [0.15, 0.2) is 24.3 Å². The van der Waals surface area contributed by atoms with Gasteiger partial charge in [-0.2, -0.15) is 0 Å². The van der Waals surface area contributed by atoms with Gasteiger partial charge in [0.1, 0.15) is 5.82 Å². The Labute approximate surface area is 114 Å². The average molecular weight is 263 g/mol. The van der Waals surface area contributed by atoms with Gasteiger partial charge in [-0.3, -0.25) is 9.69 Å². The Morgan fingerprint density at radius 1 is 1.32 bits per heavy atom. The highest BCUT2D eigenvalue weighted by atomic mass is 19.1. The maximum Gasteiger partial charge on any atom is 0.179 e. The number of Topliss-reactive ketones (excluding diaryl/α,β-unsaturated/α-hetero) is 1. The molecule has 0 N–H and O–H groups in total. The maximum atomic E-state index is 13.5. The normalized spacial score (nSPS) is 17.9. The molecule has 1 aliphatic rings. The topological polar surface area (TPSA) is 20.3 Å². The van der Waals surface area contributed by atoms with Crippen molar-refractivity contribution in [3.63, 3.8) is 0 Å². The number of rotatable bonds is 4. The predicted molar refractivity (Wildman–Crippen MR) is 74.7 cm³/mol. The largest absolute Gasteiger partial charge is 0.296 e. The number of carbonyl (C=O) groups is 1. The van der Waals surface area contributed by atoms with E-state index in [2.05, 4.69) is 18.7 Å². The summed E-state index contributed by atoms with van der Waals surface area (Å²) in [5.74, 6) is 0.954. The van der Waals surface area contributed by atoms with Crippen LogP contribution in [0.25, 0.3) is 0 Å². The number of halogens is 1. The fourth-order valence-corrected chi connectivity index (χ4v) is 2.75. The molecule has 104 valence electrons. The first-order valence-corrected chi connectivity index (χ1v) is 7.08. The second-order valence-electron chi connectivity index (χ2n) is 5.76. The van der Waals surface area contributed by atoms with Crippen molar-refractivity contribution >= 4 is 5.78 Å². The monoisotopic (exact) mass is 263 g/mol. The zero-order valence-corrected chi connectivity index (χ0v) is 11.7. The molecule has 1 fully saturated rings. The molecule has 0 aromatic heterocycles. The van der Waals surface area contributed by atoms with Crippen LogP contribution in [0.4, 0.5) is 4.39 Å². The van der Waals surface area contributed by atoms with Gasteiger partial charge in [0.15, 0.2) is 5.78 Å². The lowest BCUT2D eigenvalue weighted by atomic mass is 9.86. The van der Waals surface area contributed by atoms with Crippen LogP contribution in [-0.4, -0.2) is 30.3 Å². The fraction of sp³-hybridized carbons (Fsp3) is 0.562. The Kier molecular flexibility index (Phi) is 4.70. The van der Waals surface area contributed by atoms with Gasteiger partial charge in [0.05, 0.1) is 12.1 Å². The van der Waals surface area contributed by atoms with Crippen LogP contribution < -0.4 is 0 Å². The summed E-state index contributed by atoms with van der Waals surface area (Å²) in [6.45, 7) is 6.74. The zero-order valence-electron chi connectivity index (χ0n) is 11.7. The number of hydrogen-bond acceptors (Lipinski definition) is 2. The molecule has 0 radical (unpaired) electrons. The van der Waals surface area contributed by atoms with E-state index in [9.17, 15) is 9.18 Å². The van der Waals surface area contributed by atoms with E-state index in [1.54, 1.807) is 18.2 Å². The lowest BCUT2D eigenvalue weighted by Gasteiger charge is -2.33. The average Bonchev–Trinajstić information content (AvgIpc) is 2.39. The molecule has 0 saturated carbocycles. The molecule has 1 heterocycles. The number of benzene rings is 1. The van der Waals surface area contributed by atoms with Crippen molar-refractivity contribution in [2.45, 2.75) is 26.7 Å². The summed E-state index contributed by atoms with van der Waals surface area (Å²) in [6, 6.07) is 6.23. The van der Waals surface area contributed by atoms with Gasteiger partial charge in [-0.05, 0) is 49.9 Å². The maximum absolute atomic E-state index is 13.5. The summed E-state index contributed by atoms with van der Waals surface area (Å²) in [7, 11) is 0. The third kappa shape index (κ3) is 3.63. The first-order chi connectivity index (χ1) is 9.08. The van der Waals surface area contributed by atoms with Gasteiger partial charge in [-0.1, -0.05) is 26.0 Å². The molecule has 1 saturated heterocycles. The summed E-state index contributed by atoms with van der Waals surface area (Å²) in [4.78, 5) is 14.2. The zero-order chi connectivity index (χ0) is 13.8. The van der Waals surface area contributed by atoms with E-state index in [4.69, 9.17) is 0 Å². The smallest absolute Gasteiger partial charge is 0.179 e. The minimum atomic E-state index is -0.412. The van der Waals surface area contributed by atoms with Gasteiger partial charge in [-0.25, -0.2) is 4.39 Å². The second-order valence-corrected chi connectivity index (χ2v) is 5.76. The minimum Gasteiger partial charge on any atom is -0.296 e. The lowest BCUT2D eigenvalue weighted by molar-refractivity contribution is 0.0876. The summed E-state index contributed by atoms with van der Waals surface area (Å²) < 4.78 is 13.5. The molecule has 0 spiro atoms. The van der Waals surface area contributed by atoms with Crippen molar-refractivity contribution < 1.29 is 9.18 Å². The van der Waals surface area contributed by atoms with Crippen molar-refractivity contribution in [2.75, 3.05) is 19.6 Å². The van der Waals surface area contributed by atoms with Gasteiger partial charge in [0, 0.05) is 0 Å². The highest BCUT2D eigenvalue weighted by molar-refractivity contribution is 5.97. The second kappa shape index (κ2) is 6.29. The van der Waals surface area contributed by atoms with Crippen LogP contribution in [0.5, 0.6) is 0 Å². The van der Waals surface area contributed by atoms with Crippen LogP contribution in [0.1, 0.15) is 37.0 Å². The molecular weight excluding hydrogens is 241 g/mol. The number of piperidine rings is 1. The Hall–Kier alpha value is -1.22. The summed E-state index contributed by atoms with van der Waals surface area (Å²) in [6.07, 6.45) is 2.28. The Morgan fingerprint density at radius 3 is 2.53 bits per heavy atom. The standard InChI is InChI=1S/C16H22FNO/c1-12(2)13-7-9-18(10-8-13)11-16(19)14-5-3-4-6-15(14)17/h3-6,12-13H,7-11H2,1-2H3. The number of hydrogen-bond donors (Lipinski definition) is 0. The molecule has 19 heavy (non-hydrogen) atoms. The van der Waals surface area contributed by atoms with Gasteiger partial charge in [-0.15, -0.1) is 0 Å². The molecule has 2 nitrogen and oxygen atoms in total. The molecule has 1 aliphatic heterocycles. The summed E-state index contributed by atoms with van der Waals surface area (Å²) in [5, 5.41) is 0. The van der Waals surface area contributed by atoms with Crippen LogP contribution in [0.3, 0.4) is 0 Å². The number of likely N-dealkylation sites (tertiary alicyclic amines) is 1. The summed E-state index contributed by atoms with van der Waals surface area (Å²) >= 11 is 0. The van der Waals surface area contributed by atoms with E-state index in [0.717, 1.165) is 31.8 Å². The molecule has 2 rings (SSSR count). The van der Waals surface area contributed by atoms with Crippen LogP contribution in [0, 0.1) is 17.7 Å². The van der Waals surface area contributed by atoms with E-state index >= 15 is 0 Å². The van der Waals surface area contributed by atoms with E-state index in [0.29, 0.717) is 12.5 Å². The first-order valence-electron chi connectivity index (χ1n) is 7.08. The minimum absolute atomic E-state index is 0.110. The van der Waals surface area contributed by atoms with E-state index in [1.165, 1.54) is 6.07 Å². The van der Waals surface area contributed by atoms with Crippen LogP contribution in [-0.2, 0) is 0 Å². The lowest BCUT2D eigenvalue weighted by Crippen LogP contribution is -2.38. The predicted octanol–water partition coefficient (Wildman–Crippen LogP) is 3.38. The van der Waals surface area contributed by atoms with Crippen LogP contribution in [0.2, 0.25) is 0 Å². The first kappa shape index (κ1) is 14.2. The number of ketones is 1.